The number of piperidine rings is 1. The molecule has 1 amide bonds. The molecule has 0 aromatic carbocycles. The minimum Gasteiger partial charge on any atom is -0.351 e. The molecule has 0 radical (unpaired) electrons. The molecule has 2 saturated heterocycles. The maximum Gasteiger partial charge on any atom is 0.225 e. The summed E-state index contributed by atoms with van der Waals surface area (Å²) in [5.74, 6) is 0.247. The topological polar surface area (TPSA) is 92.3 Å². The summed E-state index contributed by atoms with van der Waals surface area (Å²) in [5.41, 5.74) is 0. The van der Waals surface area contributed by atoms with Crippen molar-refractivity contribution in [3.63, 3.8) is 0 Å². The van der Waals surface area contributed by atoms with E-state index in [4.69, 9.17) is 0 Å². The fourth-order valence-electron chi connectivity index (χ4n) is 3.05. The van der Waals surface area contributed by atoms with Crippen LogP contribution >= 0.6 is 0 Å². The molecule has 2 unspecified atom stereocenters. The summed E-state index contributed by atoms with van der Waals surface area (Å²) >= 11 is 0. The Morgan fingerprint density at radius 2 is 2.05 bits per heavy atom. The number of rotatable bonds is 3. The van der Waals surface area contributed by atoms with Crippen molar-refractivity contribution in [3.05, 3.63) is 18.5 Å². The van der Waals surface area contributed by atoms with Gasteiger partial charge < -0.3 is 10.2 Å². The monoisotopic (exact) mass is 324 g/mol. The van der Waals surface area contributed by atoms with Gasteiger partial charge in [-0.25, -0.2) is 18.4 Å². The lowest BCUT2D eigenvalue weighted by Gasteiger charge is -2.33. The Morgan fingerprint density at radius 3 is 2.73 bits per heavy atom. The molecule has 2 fully saturated rings. The molecule has 120 valence electrons. The van der Waals surface area contributed by atoms with Crippen LogP contribution in [-0.4, -0.2) is 54.9 Å². The van der Waals surface area contributed by atoms with Gasteiger partial charge in [0.1, 0.15) is 0 Å². The summed E-state index contributed by atoms with van der Waals surface area (Å²) in [6.07, 6.45) is 5.69. The second kappa shape index (κ2) is 6.20. The van der Waals surface area contributed by atoms with Gasteiger partial charge in [-0.3, -0.25) is 4.79 Å². The number of carbonyl (C=O) groups excluding carboxylic acids is 1. The minimum atomic E-state index is -3.03. The fraction of sp³-hybridized carbons (Fsp3) is 0.643. The smallest absolute Gasteiger partial charge is 0.225 e. The van der Waals surface area contributed by atoms with Crippen molar-refractivity contribution in [2.45, 2.75) is 25.3 Å². The van der Waals surface area contributed by atoms with Gasteiger partial charge in [0, 0.05) is 31.5 Å². The van der Waals surface area contributed by atoms with Crippen molar-refractivity contribution < 1.29 is 13.2 Å². The molecule has 0 bridgehead atoms. The minimum absolute atomic E-state index is 0.0168. The zero-order valence-electron chi connectivity index (χ0n) is 12.3. The molecule has 7 nitrogen and oxygen atoms in total. The van der Waals surface area contributed by atoms with Crippen molar-refractivity contribution in [1.29, 1.82) is 0 Å². The number of amides is 1. The Labute approximate surface area is 130 Å². The lowest BCUT2D eigenvalue weighted by Crippen LogP contribution is -2.49. The van der Waals surface area contributed by atoms with E-state index in [1.807, 2.05) is 0 Å². The van der Waals surface area contributed by atoms with Crippen LogP contribution in [0.1, 0.15) is 19.3 Å². The molecule has 1 aromatic heterocycles. The van der Waals surface area contributed by atoms with Crippen molar-refractivity contribution in [1.82, 2.24) is 15.3 Å². The van der Waals surface area contributed by atoms with Crippen molar-refractivity contribution in [2.24, 2.45) is 5.92 Å². The van der Waals surface area contributed by atoms with Crippen molar-refractivity contribution in [3.8, 4) is 0 Å². The Bertz CT molecular complexity index is 635. The summed E-state index contributed by atoms with van der Waals surface area (Å²) in [6, 6.07) is 1.79. The van der Waals surface area contributed by atoms with E-state index < -0.39 is 15.8 Å². The third-order valence-electron chi connectivity index (χ3n) is 4.21. The first-order chi connectivity index (χ1) is 10.5. The zero-order valence-corrected chi connectivity index (χ0v) is 13.1. The number of hydrogen-bond donors (Lipinski definition) is 1. The van der Waals surface area contributed by atoms with Crippen molar-refractivity contribution in [2.75, 3.05) is 29.5 Å². The summed E-state index contributed by atoms with van der Waals surface area (Å²) in [4.78, 5) is 22.7. The van der Waals surface area contributed by atoms with Gasteiger partial charge in [-0.1, -0.05) is 0 Å². The number of nitrogens with zero attached hydrogens (tertiary/aromatic N) is 3. The maximum atomic E-state index is 12.2. The Hall–Kier alpha value is -1.70. The first-order valence-corrected chi connectivity index (χ1v) is 9.38. The Kier molecular flexibility index (Phi) is 4.28. The highest BCUT2D eigenvalue weighted by atomic mass is 32.2. The van der Waals surface area contributed by atoms with Crippen LogP contribution in [0.15, 0.2) is 18.5 Å². The standard InChI is InChI=1S/C14H20N4O3S/c19-13(11-4-8-22(20,21)10-11)17-12-3-1-7-18(9-12)14-15-5-2-6-16-14/h2,5-6,11-12H,1,3-4,7-10H2,(H,17,19). The van der Waals surface area contributed by atoms with Crippen LogP contribution in [0.4, 0.5) is 5.95 Å². The van der Waals surface area contributed by atoms with Crippen LogP contribution in [-0.2, 0) is 14.6 Å². The largest absolute Gasteiger partial charge is 0.351 e. The van der Waals surface area contributed by atoms with E-state index in [1.54, 1.807) is 18.5 Å². The molecule has 1 aromatic rings. The predicted octanol–water partition coefficient (Wildman–Crippen LogP) is -0.00370. The van der Waals surface area contributed by atoms with Crippen LogP contribution in [0.3, 0.4) is 0 Å². The van der Waals surface area contributed by atoms with E-state index in [0.717, 1.165) is 19.4 Å². The number of anilines is 1. The van der Waals surface area contributed by atoms with E-state index in [1.165, 1.54) is 0 Å². The second-order valence-electron chi connectivity index (χ2n) is 5.94. The van der Waals surface area contributed by atoms with E-state index in [2.05, 4.69) is 20.2 Å². The van der Waals surface area contributed by atoms with E-state index in [9.17, 15) is 13.2 Å². The van der Waals surface area contributed by atoms with Gasteiger partial charge in [-0.15, -0.1) is 0 Å². The molecular weight excluding hydrogens is 304 g/mol. The van der Waals surface area contributed by atoms with Crippen LogP contribution < -0.4 is 10.2 Å². The average molecular weight is 324 g/mol. The molecule has 3 rings (SSSR count). The first-order valence-electron chi connectivity index (χ1n) is 7.56. The molecule has 0 saturated carbocycles. The van der Waals surface area contributed by atoms with E-state index in [0.29, 0.717) is 18.9 Å². The van der Waals surface area contributed by atoms with Gasteiger partial charge in [0.05, 0.1) is 17.4 Å². The second-order valence-corrected chi connectivity index (χ2v) is 8.17. The lowest BCUT2D eigenvalue weighted by atomic mass is 10.0. The molecule has 2 aliphatic heterocycles. The SMILES string of the molecule is O=C(NC1CCCN(c2ncccn2)C1)C1CCS(=O)(=O)C1. The molecule has 3 heterocycles. The number of aromatic nitrogens is 2. The van der Waals surface area contributed by atoms with Gasteiger partial charge in [0.15, 0.2) is 9.84 Å². The molecule has 2 atom stereocenters. The quantitative estimate of drug-likeness (QED) is 0.841. The predicted molar refractivity (Wildman–Crippen MR) is 82.2 cm³/mol. The maximum absolute atomic E-state index is 12.2. The number of hydrogen-bond acceptors (Lipinski definition) is 6. The Balaban J connectivity index is 1.58. The summed E-state index contributed by atoms with van der Waals surface area (Å²) < 4.78 is 22.9. The summed E-state index contributed by atoms with van der Waals surface area (Å²) in [5, 5.41) is 3.00. The lowest BCUT2D eigenvalue weighted by molar-refractivity contribution is -0.125. The van der Waals surface area contributed by atoms with Crippen LogP contribution in [0.25, 0.3) is 0 Å². The van der Waals surface area contributed by atoms with Gasteiger partial charge in [0.25, 0.3) is 0 Å². The molecule has 0 aliphatic carbocycles. The normalized spacial score (nSPS) is 27.5. The molecule has 1 N–H and O–H groups in total. The highest BCUT2D eigenvalue weighted by Crippen LogP contribution is 2.20. The summed E-state index contributed by atoms with van der Waals surface area (Å²) in [6.45, 7) is 1.53. The third kappa shape index (κ3) is 3.55. The number of nitrogens with one attached hydrogen (secondary N) is 1. The molecule has 0 spiro atoms. The fourth-order valence-corrected chi connectivity index (χ4v) is 4.79. The van der Waals surface area contributed by atoms with E-state index >= 15 is 0 Å². The highest BCUT2D eigenvalue weighted by molar-refractivity contribution is 7.91. The average Bonchev–Trinajstić information content (AvgIpc) is 2.89. The van der Waals surface area contributed by atoms with E-state index in [-0.39, 0.29) is 23.5 Å². The Morgan fingerprint density at radius 1 is 1.27 bits per heavy atom. The molecule has 8 heteroatoms. The van der Waals surface area contributed by atoms with Gasteiger partial charge in [-0.05, 0) is 25.3 Å². The van der Waals surface area contributed by atoms with Crippen LogP contribution in [0, 0.1) is 5.92 Å². The van der Waals surface area contributed by atoms with Crippen LogP contribution in [0.5, 0.6) is 0 Å². The van der Waals surface area contributed by atoms with Crippen molar-refractivity contribution >= 4 is 21.7 Å². The van der Waals surface area contributed by atoms with Gasteiger partial charge >= 0.3 is 0 Å². The highest BCUT2D eigenvalue weighted by Gasteiger charge is 2.34. The number of sulfone groups is 1. The van der Waals surface area contributed by atoms with Gasteiger partial charge in [-0.2, -0.15) is 0 Å². The third-order valence-corrected chi connectivity index (χ3v) is 5.97. The number of carbonyl (C=O) groups is 1. The van der Waals surface area contributed by atoms with Crippen LogP contribution in [0.2, 0.25) is 0 Å². The van der Waals surface area contributed by atoms with Gasteiger partial charge in [0.2, 0.25) is 11.9 Å². The summed E-state index contributed by atoms with van der Waals surface area (Å²) in [7, 11) is -3.03. The first kappa shape index (κ1) is 15.2. The molecular formula is C14H20N4O3S. The molecule has 22 heavy (non-hydrogen) atoms. The molecule has 2 aliphatic rings. The zero-order chi connectivity index (χ0) is 15.6.